The predicted octanol–water partition coefficient (Wildman–Crippen LogP) is 0.530. The Balaban J connectivity index is 1.83. The fourth-order valence-corrected chi connectivity index (χ4v) is 2.80. The second-order valence-electron chi connectivity index (χ2n) is 6.11. The summed E-state index contributed by atoms with van der Waals surface area (Å²) < 4.78 is 10.2. The molecule has 0 spiro atoms. The molecule has 1 fully saturated rings. The highest BCUT2D eigenvalue weighted by Crippen LogP contribution is 2.28. The topological polar surface area (TPSA) is 92.6 Å². The number of piperidine rings is 1. The monoisotopic (exact) mass is 323 g/mol. The van der Waals surface area contributed by atoms with Crippen molar-refractivity contribution in [2.75, 3.05) is 33.4 Å². The first kappa shape index (κ1) is 17.5. The summed E-state index contributed by atoms with van der Waals surface area (Å²) in [7, 11) is 1.68. The smallest absolute Gasteiger partial charge is 0.255 e. The van der Waals surface area contributed by atoms with Crippen LogP contribution in [0.2, 0.25) is 0 Å². The molecule has 0 aromatic carbocycles. The quantitative estimate of drug-likeness (QED) is 0.681. The van der Waals surface area contributed by atoms with Gasteiger partial charge in [-0.25, -0.2) is 0 Å². The molecule has 0 radical (unpaired) electrons. The van der Waals surface area contributed by atoms with E-state index in [2.05, 4.69) is 16.0 Å². The normalized spacial score (nSPS) is 18.2. The first-order chi connectivity index (χ1) is 11.1. The fourth-order valence-electron chi connectivity index (χ4n) is 2.80. The van der Waals surface area contributed by atoms with Crippen LogP contribution in [-0.4, -0.2) is 51.2 Å². The van der Waals surface area contributed by atoms with Crippen molar-refractivity contribution < 1.29 is 18.7 Å². The molecule has 23 heavy (non-hydrogen) atoms. The molecule has 2 amide bonds. The molecular formula is C16H25N3O4. The first-order valence-corrected chi connectivity index (χ1v) is 7.87. The Labute approximate surface area is 136 Å². The average Bonchev–Trinajstić information content (AvgIpc) is 3.08. The van der Waals surface area contributed by atoms with Gasteiger partial charge in [-0.2, -0.15) is 0 Å². The Morgan fingerprint density at radius 1 is 1.43 bits per heavy atom. The number of rotatable bonds is 7. The van der Waals surface area contributed by atoms with Gasteiger partial charge in [-0.3, -0.25) is 9.59 Å². The number of furan rings is 1. The second-order valence-corrected chi connectivity index (χ2v) is 6.11. The predicted molar refractivity (Wildman–Crippen MR) is 85.1 cm³/mol. The van der Waals surface area contributed by atoms with Crippen molar-refractivity contribution >= 4 is 11.8 Å². The van der Waals surface area contributed by atoms with E-state index in [1.54, 1.807) is 20.1 Å². The third kappa shape index (κ3) is 4.80. The van der Waals surface area contributed by atoms with E-state index in [0.717, 1.165) is 25.9 Å². The maximum atomic E-state index is 12.2. The van der Waals surface area contributed by atoms with Crippen LogP contribution in [-0.2, 0) is 9.53 Å². The number of hydrogen-bond acceptors (Lipinski definition) is 5. The minimum atomic E-state index is -0.612. The number of carbonyl (C=O) groups is 2. The Kier molecular flexibility index (Phi) is 6.18. The zero-order valence-electron chi connectivity index (χ0n) is 13.7. The van der Waals surface area contributed by atoms with E-state index in [4.69, 9.17) is 9.15 Å². The molecule has 1 aromatic heterocycles. The van der Waals surface area contributed by atoms with E-state index >= 15 is 0 Å². The van der Waals surface area contributed by atoms with Crippen LogP contribution in [0.3, 0.4) is 0 Å². The lowest BCUT2D eigenvalue weighted by molar-refractivity contribution is -0.123. The largest absolute Gasteiger partial charge is 0.472 e. The minimum absolute atomic E-state index is 0.0378. The minimum Gasteiger partial charge on any atom is -0.472 e. The van der Waals surface area contributed by atoms with Crippen LogP contribution in [0.1, 0.15) is 30.1 Å². The highest BCUT2D eigenvalue weighted by Gasteiger charge is 2.33. The Morgan fingerprint density at radius 3 is 2.78 bits per heavy atom. The van der Waals surface area contributed by atoms with Crippen LogP contribution in [0.25, 0.3) is 0 Å². The summed E-state index contributed by atoms with van der Waals surface area (Å²) >= 11 is 0. The molecule has 3 N–H and O–H groups in total. The fraction of sp³-hybridized carbons (Fsp3) is 0.625. The van der Waals surface area contributed by atoms with E-state index in [0.29, 0.717) is 18.7 Å². The summed E-state index contributed by atoms with van der Waals surface area (Å²) in [4.78, 5) is 24.1. The molecule has 2 rings (SSSR count). The molecule has 2 heterocycles. The highest BCUT2D eigenvalue weighted by molar-refractivity contribution is 5.97. The van der Waals surface area contributed by atoms with Crippen LogP contribution in [0.4, 0.5) is 0 Å². The summed E-state index contributed by atoms with van der Waals surface area (Å²) in [5, 5.41) is 8.92. The number of carbonyl (C=O) groups excluding carboxylic acids is 2. The molecule has 1 unspecified atom stereocenters. The molecule has 128 valence electrons. The van der Waals surface area contributed by atoms with Crippen molar-refractivity contribution in [2.45, 2.75) is 25.8 Å². The molecule has 1 atom stereocenters. The third-order valence-corrected chi connectivity index (χ3v) is 4.28. The molecular weight excluding hydrogens is 298 g/mol. The van der Waals surface area contributed by atoms with Crippen molar-refractivity contribution in [2.24, 2.45) is 5.41 Å². The zero-order chi connectivity index (χ0) is 16.7. The number of amides is 2. The van der Waals surface area contributed by atoms with Crippen LogP contribution in [0, 0.1) is 5.41 Å². The van der Waals surface area contributed by atoms with Crippen molar-refractivity contribution in [1.82, 2.24) is 16.0 Å². The Bertz CT molecular complexity index is 504. The second kappa shape index (κ2) is 8.12. The Morgan fingerprint density at radius 2 is 2.17 bits per heavy atom. The van der Waals surface area contributed by atoms with Crippen LogP contribution < -0.4 is 16.0 Å². The standard InChI is InChI=1S/C16H25N3O4/c1-12(19-15(21)13-3-8-23-9-13)14(20)18-10-16(11-22-2)4-6-17-7-5-16/h3,8-9,12,17H,4-7,10-11H2,1-2H3,(H,18,20)(H,19,21). The van der Waals surface area contributed by atoms with Gasteiger partial charge in [0.05, 0.1) is 18.4 Å². The van der Waals surface area contributed by atoms with E-state index in [1.807, 2.05) is 0 Å². The van der Waals surface area contributed by atoms with Gasteiger partial charge in [0.2, 0.25) is 5.91 Å². The Hall–Kier alpha value is -1.86. The summed E-state index contributed by atoms with van der Waals surface area (Å²) in [5.41, 5.74) is 0.364. The van der Waals surface area contributed by atoms with E-state index < -0.39 is 6.04 Å². The van der Waals surface area contributed by atoms with Gasteiger partial charge < -0.3 is 25.1 Å². The summed E-state index contributed by atoms with van der Waals surface area (Å²) in [6.07, 6.45) is 4.68. The maximum Gasteiger partial charge on any atom is 0.255 e. The average molecular weight is 323 g/mol. The van der Waals surface area contributed by atoms with Gasteiger partial charge in [0.15, 0.2) is 0 Å². The van der Waals surface area contributed by atoms with Crippen molar-refractivity contribution in [1.29, 1.82) is 0 Å². The number of nitrogens with one attached hydrogen (secondary N) is 3. The molecule has 7 nitrogen and oxygen atoms in total. The third-order valence-electron chi connectivity index (χ3n) is 4.28. The van der Waals surface area contributed by atoms with Gasteiger partial charge in [0.1, 0.15) is 12.3 Å². The number of methoxy groups -OCH3 is 1. The number of hydrogen-bond donors (Lipinski definition) is 3. The molecule has 0 aliphatic carbocycles. The first-order valence-electron chi connectivity index (χ1n) is 7.87. The maximum absolute atomic E-state index is 12.2. The SMILES string of the molecule is COCC1(CNC(=O)C(C)NC(=O)c2ccoc2)CCNCC1. The molecule has 7 heteroatoms. The lowest BCUT2D eigenvalue weighted by atomic mass is 9.79. The molecule has 1 saturated heterocycles. The van der Waals surface area contributed by atoms with E-state index in [1.165, 1.54) is 12.5 Å². The zero-order valence-corrected chi connectivity index (χ0v) is 13.7. The van der Waals surface area contributed by atoms with Gasteiger partial charge >= 0.3 is 0 Å². The van der Waals surface area contributed by atoms with E-state index in [-0.39, 0.29) is 17.2 Å². The van der Waals surface area contributed by atoms with Gasteiger partial charge in [0, 0.05) is 19.1 Å². The lowest BCUT2D eigenvalue weighted by Gasteiger charge is -2.37. The van der Waals surface area contributed by atoms with Crippen LogP contribution >= 0.6 is 0 Å². The van der Waals surface area contributed by atoms with Crippen LogP contribution in [0.15, 0.2) is 23.0 Å². The summed E-state index contributed by atoms with van der Waals surface area (Å²) in [6, 6.07) is 0.946. The number of ether oxygens (including phenoxy) is 1. The van der Waals surface area contributed by atoms with Crippen molar-refractivity contribution in [3.05, 3.63) is 24.2 Å². The summed E-state index contributed by atoms with van der Waals surface area (Å²) in [5.74, 6) is -0.522. The lowest BCUT2D eigenvalue weighted by Crippen LogP contribution is -2.51. The van der Waals surface area contributed by atoms with Gasteiger partial charge in [0.25, 0.3) is 5.91 Å². The molecule has 1 aliphatic rings. The van der Waals surface area contributed by atoms with Gasteiger partial charge in [-0.15, -0.1) is 0 Å². The van der Waals surface area contributed by atoms with Crippen molar-refractivity contribution in [3.63, 3.8) is 0 Å². The van der Waals surface area contributed by atoms with Crippen LogP contribution in [0.5, 0.6) is 0 Å². The molecule has 0 bridgehead atoms. The molecule has 1 aliphatic heterocycles. The van der Waals surface area contributed by atoms with Crippen molar-refractivity contribution in [3.8, 4) is 0 Å². The van der Waals surface area contributed by atoms with Gasteiger partial charge in [-0.1, -0.05) is 0 Å². The van der Waals surface area contributed by atoms with Gasteiger partial charge in [-0.05, 0) is 38.9 Å². The summed E-state index contributed by atoms with van der Waals surface area (Å²) in [6.45, 7) is 4.68. The molecule has 1 aromatic rings. The highest BCUT2D eigenvalue weighted by atomic mass is 16.5. The molecule has 0 saturated carbocycles. The van der Waals surface area contributed by atoms with E-state index in [9.17, 15) is 9.59 Å².